The first-order chi connectivity index (χ1) is 18.7. The largest absolute Gasteiger partial charge is 1.00 e. The van der Waals surface area contributed by atoms with Gasteiger partial charge in [0, 0.05) is 26.2 Å². The molecule has 0 saturated carbocycles. The fourth-order valence-electron chi connectivity index (χ4n) is 4.99. The first-order valence-electron chi connectivity index (χ1n) is 12.6. The molecule has 1 saturated heterocycles. The molecule has 11 heteroatoms. The summed E-state index contributed by atoms with van der Waals surface area (Å²) in [5, 5.41) is 14.1. The van der Waals surface area contributed by atoms with Crippen LogP contribution in [0.2, 0.25) is 0 Å². The third-order valence-corrected chi connectivity index (χ3v) is 8.03. The Balaban J connectivity index is 0.00000308. The Labute approximate surface area is 237 Å². The number of anilines is 1. The molecule has 1 fully saturated rings. The van der Waals surface area contributed by atoms with Gasteiger partial charge in [-0.05, 0) is 45.8 Å². The van der Waals surface area contributed by atoms with Gasteiger partial charge < -0.3 is 26.8 Å². The lowest BCUT2D eigenvalue weighted by atomic mass is 10.0. The van der Waals surface area contributed by atoms with Gasteiger partial charge in [0.1, 0.15) is 0 Å². The predicted molar refractivity (Wildman–Crippen MR) is 148 cm³/mol. The molecule has 1 aliphatic heterocycles. The monoisotopic (exact) mass is 562 g/mol. The molecule has 5 aromatic rings. The van der Waals surface area contributed by atoms with Gasteiger partial charge in [0.2, 0.25) is 0 Å². The van der Waals surface area contributed by atoms with Crippen molar-refractivity contribution in [2.45, 2.75) is 12.6 Å². The SMILES string of the molecule is COc1ccc(C(c2nnnn2Cc2ccccc2)N2CCN(c3nc4ccccc4s3)CC2)cc1OC.[Cl-]. The van der Waals surface area contributed by atoms with Crippen molar-refractivity contribution in [2.24, 2.45) is 0 Å². The number of methoxy groups -OCH3 is 2. The quantitative estimate of drug-likeness (QED) is 0.280. The number of para-hydroxylation sites is 1. The number of thiazole rings is 1. The predicted octanol–water partition coefficient (Wildman–Crippen LogP) is 1.26. The van der Waals surface area contributed by atoms with Gasteiger partial charge in [-0.2, -0.15) is 0 Å². The minimum atomic E-state index is -0.147. The van der Waals surface area contributed by atoms with E-state index in [2.05, 4.69) is 61.7 Å². The van der Waals surface area contributed by atoms with E-state index in [1.165, 1.54) is 4.70 Å². The van der Waals surface area contributed by atoms with Crippen LogP contribution in [-0.2, 0) is 6.54 Å². The highest BCUT2D eigenvalue weighted by Crippen LogP contribution is 2.36. The summed E-state index contributed by atoms with van der Waals surface area (Å²) in [5.74, 6) is 2.18. The standard InChI is InChI=1S/C28H29N7O2S.ClH/c1-36-23-13-12-21(18-24(23)37-2)26(27-30-31-32-35(27)19-20-8-4-3-5-9-20)33-14-16-34(17-15-33)28-29-22-10-6-7-11-25(22)38-28;/h3-13,18,26H,14-17,19H2,1-2H3;1H/p-1. The summed E-state index contributed by atoms with van der Waals surface area (Å²) in [4.78, 5) is 9.69. The third-order valence-electron chi connectivity index (χ3n) is 6.94. The molecule has 1 unspecified atom stereocenters. The van der Waals surface area contributed by atoms with Gasteiger partial charge >= 0.3 is 0 Å². The number of tetrazole rings is 1. The van der Waals surface area contributed by atoms with Gasteiger partial charge in [-0.3, -0.25) is 4.90 Å². The maximum absolute atomic E-state index is 5.64. The average molecular weight is 563 g/mol. The van der Waals surface area contributed by atoms with Crippen LogP contribution in [0.3, 0.4) is 0 Å². The maximum atomic E-state index is 5.64. The smallest absolute Gasteiger partial charge is 0.186 e. The normalized spacial score (nSPS) is 14.7. The second-order valence-corrected chi connectivity index (χ2v) is 10.2. The Morgan fingerprint density at radius 3 is 2.36 bits per heavy atom. The number of piperazine rings is 1. The van der Waals surface area contributed by atoms with E-state index in [4.69, 9.17) is 14.5 Å². The molecular formula is C28H29ClN7O2S-. The topological polar surface area (TPSA) is 81.4 Å². The van der Waals surface area contributed by atoms with Crippen molar-refractivity contribution in [1.82, 2.24) is 30.1 Å². The first kappa shape index (κ1) is 26.9. The molecule has 3 aromatic carbocycles. The summed E-state index contributed by atoms with van der Waals surface area (Å²) >= 11 is 1.75. The number of aromatic nitrogens is 5. The van der Waals surface area contributed by atoms with Gasteiger partial charge in [0.25, 0.3) is 0 Å². The number of benzene rings is 3. The number of fused-ring (bicyclic) bond motifs is 1. The Bertz CT molecular complexity index is 1490. The molecule has 0 spiro atoms. The van der Waals surface area contributed by atoms with Gasteiger partial charge in [-0.15, -0.1) is 5.10 Å². The van der Waals surface area contributed by atoms with Gasteiger partial charge in [0.15, 0.2) is 22.5 Å². The van der Waals surface area contributed by atoms with Crippen molar-refractivity contribution in [3.05, 3.63) is 89.7 Å². The molecule has 0 N–H and O–H groups in total. The molecule has 202 valence electrons. The van der Waals surface area contributed by atoms with Crippen molar-refractivity contribution < 1.29 is 21.9 Å². The lowest BCUT2D eigenvalue weighted by Gasteiger charge is -2.39. The van der Waals surface area contributed by atoms with Crippen molar-refractivity contribution in [2.75, 3.05) is 45.3 Å². The summed E-state index contributed by atoms with van der Waals surface area (Å²) in [5.41, 5.74) is 3.26. The van der Waals surface area contributed by atoms with Gasteiger partial charge in [-0.1, -0.05) is 59.9 Å². The van der Waals surface area contributed by atoms with E-state index in [1.54, 1.807) is 25.6 Å². The Morgan fingerprint density at radius 1 is 0.872 bits per heavy atom. The zero-order valence-corrected chi connectivity index (χ0v) is 23.3. The van der Waals surface area contributed by atoms with Crippen LogP contribution in [0.1, 0.15) is 23.0 Å². The number of nitrogens with zero attached hydrogens (tertiary/aromatic N) is 7. The summed E-state index contributed by atoms with van der Waals surface area (Å²) in [6.45, 7) is 4.01. The Kier molecular flexibility index (Phi) is 8.25. The van der Waals surface area contributed by atoms with Gasteiger partial charge in [0.05, 0.1) is 37.0 Å². The molecule has 0 bridgehead atoms. The number of ether oxygens (including phenoxy) is 2. The van der Waals surface area contributed by atoms with E-state index in [0.717, 1.165) is 53.8 Å². The molecular weight excluding hydrogens is 534 g/mol. The summed E-state index contributed by atoms with van der Waals surface area (Å²) in [7, 11) is 3.31. The average Bonchev–Trinajstić information content (AvgIpc) is 3.61. The van der Waals surface area contributed by atoms with E-state index in [1.807, 2.05) is 41.1 Å². The number of halogens is 1. The van der Waals surface area contributed by atoms with Crippen LogP contribution in [-0.4, -0.2) is 70.5 Å². The second kappa shape index (κ2) is 12.0. The second-order valence-electron chi connectivity index (χ2n) is 9.18. The van der Waals surface area contributed by atoms with Crippen LogP contribution in [0.5, 0.6) is 11.5 Å². The van der Waals surface area contributed by atoms with Crippen molar-refractivity contribution in [1.29, 1.82) is 0 Å². The van der Waals surface area contributed by atoms with E-state index in [0.29, 0.717) is 18.0 Å². The summed E-state index contributed by atoms with van der Waals surface area (Å²) in [6.07, 6.45) is 0. The minimum Gasteiger partial charge on any atom is -1.00 e. The van der Waals surface area contributed by atoms with Crippen LogP contribution in [0.25, 0.3) is 10.2 Å². The number of hydrogen-bond acceptors (Lipinski definition) is 9. The highest BCUT2D eigenvalue weighted by molar-refractivity contribution is 7.22. The highest BCUT2D eigenvalue weighted by Gasteiger charge is 2.32. The van der Waals surface area contributed by atoms with Crippen LogP contribution in [0.4, 0.5) is 5.13 Å². The number of rotatable bonds is 8. The van der Waals surface area contributed by atoms with Crippen molar-refractivity contribution in [3.63, 3.8) is 0 Å². The van der Waals surface area contributed by atoms with E-state index in [9.17, 15) is 0 Å². The molecule has 6 rings (SSSR count). The van der Waals surface area contributed by atoms with E-state index in [-0.39, 0.29) is 18.4 Å². The third kappa shape index (κ3) is 5.54. The molecule has 1 aliphatic rings. The molecule has 3 heterocycles. The van der Waals surface area contributed by atoms with Crippen LogP contribution >= 0.6 is 11.3 Å². The highest BCUT2D eigenvalue weighted by atomic mass is 35.5. The Hall–Kier alpha value is -3.73. The fraction of sp³-hybridized carbons (Fsp3) is 0.286. The zero-order chi connectivity index (χ0) is 25.9. The number of hydrogen-bond donors (Lipinski definition) is 0. The molecule has 1 atom stereocenters. The minimum absolute atomic E-state index is 0. The molecule has 0 amide bonds. The summed E-state index contributed by atoms with van der Waals surface area (Å²) in [6, 6.07) is 24.5. The molecule has 0 radical (unpaired) electrons. The van der Waals surface area contributed by atoms with Crippen LogP contribution in [0, 0.1) is 0 Å². The van der Waals surface area contributed by atoms with E-state index >= 15 is 0 Å². The lowest BCUT2D eigenvalue weighted by molar-refractivity contribution is -0.00000820. The Morgan fingerprint density at radius 2 is 1.62 bits per heavy atom. The van der Waals surface area contributed by atoms with Crippen LogP contribution < -0.4 is 26.8 Å². The van der Waals surface area contributed by atoms with Crippen molar-refractivity contribution in [3.8, 4) is 11.5 Å². The van der Waals surface area contributed by atoms with Crippen LogP contribution in [0.15, 0.2) is 72.8 Å². The lowest BCUT2D eigenvalue weighted by Crippen LogP contribution is -3.00. The fourth-order valence-corrected chi connectivity index (χ4v) is 6.01. The summed E-state index contributed by atoms with van der Waals surface area (Å²) < 4.78 is 14.3. The molecule has 0 aliphatic carbocycles. The first-order valence-corrected chi connectivity index (χ1v) is 13.4. The molecule has 9 nitrogen and oxygen atoms in total. The van der Waals surface area contributed by atoms with Crippen molar-refractivity contribution >= 4 is 26.7 Å². The maximum Gasteiger partial charge on any atom is 0.186 e. The van der Waals surface area contributed by atoms with E-state index < -0.39 is 0 Å². The molecule has 39 heavy (non-hydrogen) atoms. The molecule has 2 aromatic heterocycles. The van der Waals surface area contributed by atoms with Gasteiger partial charge in [-0.25, -0.2) is 9.67 Å². The zero-order valence-electron chi connectivity index (χ0n) is 21.8.